The normalized spacial score (nSPS) is 21.6. The van der Waals surface area contributed by atoms with Gasteiger partial charge in [0.15, 0.2) is 0 Å². The number of hydrogen-bond acceptors (Lipinski definition) is 8. The van der Waals surface area contributed by atoms with E-state index >= 15 is 0 Å². The Hall–Kier alpha value is -1.55. The first-order valence-corrected chi connectivity index (χ1v) is 8.59. The average molecular weight is 340 g/mol. The number of aromatic nitrogens is 2. The number of carbonyl (C=O) groups is 1. The smallest absolute Gasteiger partial charge is 0.256 e. The van der Waals surface area contributed by atoms with Gasteiger partial charge in [0.1, 0.15) is 5.82 Å². The van der Waals surface area contributed by atoms with Gasteiger partial charge >= 0.3 is 0 Å². The van der Waals surface area contributed by atoms with Gasteiger partial charge in [0.05, 0.1) is 42.1 Å². The first kappa shape index (κ1) is 15.3. The van der Waals surface area contributed by atoms with Crippen LogP contribution in [0, 0.1) is 0 Å². The summed E-state index contributed by atoms with van der Waals surface area (Å²) in [4.78, 5) is 16.4. The molecule has 0 saturated carbocycles. The second-order valence-electron chi connectivity index (χ2n) is 4.89. The Morgan fingerprint density at radius 1 is 1.55 bits per heavy atom. The Morgan fingerprint density at radius 3 is 3.18 bits per heavy atom. The van der Waals surface area contributed by atoms with Gasteiger partial charge in [-0.05, 0) is 18.0 Å². The van der Waals surface area contributed by atoms with Gasteiger partial charge in [-0.2, -0.15) is 4.37 Å². The number of rotatable bonds is 5. The minimum atomic E-state index is -0.246. The quantitative estimate of drug-likeness (QED) is 0.851. The molecule has 2 aromatic heterocycles. The van der Waals surface area contributed by atoms with Crippen molar-refractivity contribution in [1.82, 2.24) is 14.7 Å². The lowest BCUT2D eigenvalue weighted by atomic mass is 10.1. The summed E-state index contributed by atoms with van der Waals surface area (Å²) in [6.07, 6.45) is 0.624. The van der Waals surface area contributed by atoms with E-state index in [4.69, 9.17) is 15.2 Å². The molecule has 22 heavy (non-hydrogen) atoms. The van der Waals surface area contributed by atoms with E-state index in [0.717, 1.165) is 23.6 Å². The number of ether oxygens (including phenoxy) is 2. The topological polar surface area (TPSA) is 99.4 Å². The van der Waals surface area contributed by atoms with Crippen molar-refractivity contribution in [3.05, 3.63) is 27.5 Å². The second kappa shape index (κ2) is 7.14. The number of carbonyl (C=O) groups excluding carboxylic acids is 1. The molecule has 0 unspecified atom stereocenters. The molecule has 0 aromatic carbocycles. The van der Waals surface area contributed by atoms with Crippen LogP contribution in [-0.4, -0.2) is 40.6 Å². The van der Waals surface area contributed by atoms with Gasteiger partial charge in [-0.25, -0.2) is 4.98 Å². The Bertz CT molecular complexity index is 617. The molecule has 1 fully saturated rings. The van der Waals surface area contributed by atoms with Crippen LogP contribution >= 0.6 is 22.9 Å². The minimum absolute atomic E-state index is 0.104. The number of anilines is 1. The van der Waals surface area contributed by atoms with Crippen LogP contribution in [-0.2, 0) is 16.1 Å². The predicted molar refractivity (Wildman–Crippen MR) is 83.9 cm³/mol. The summed E-state index contributed by atoms with van der Waals surface area (Å²) in [5, 5.41) is 6.51. The first-order chi connectivity index (χ1) is 10.7. The van der Waals surface area contributed by atoms with Gasteiger partial charge in [-0.1, -0.05) is 0 Å². The summed E-state index contributed by atoms with van der Waals surface area (Å²) in [5.74, 6) is 0.00294. The fraction of sp³-hybridized carbons (Fsp3) is 0.462. The molecule has 3 heterocycles. The molecule has 2 atom stereocenters. The summed E-state index contributed by atoms with van der Waals surface area (Å²) in [5.41, 5.74) is 8.74. The van der Waals surface area contributed by atoms with Crippen LogP contribution < -0.4 is 11.1 Å². The minimum Gasteiger partial charge on any atom is -0.382 e. The number of nitrogens with one attached hydrogen (secondary N) is 1. The van der Waals surface area contributed by atoms with E-state index in [0.29, 0.717) is 25.4 Å². The highest BCUT2D eigenvalue weighted by atomic mass is 32.1. The fourth-order valence-electron chi connectivity index (χ4n) is 2.21. The van der Waals surface area contributed by atoms with Crippen molar-refractivity contribution in [2.75, 3.05) is 18.9 Å². The van der Waals surface area contributed by atoms with Crippen molar-refractivity contribution in [3.8, 4) is 0 Å². The van der Waals surface area contributed by atoms with E-state index in [2.05, 4.69) is 14.7 Å². The third kappa shape index (κ3) is 3.61. The zero-order valence-corrected chi connectivity index (χ0v) is 13.4. The van der Waals surface area contributed by atoms with Crippen molar-refractivity contribution in [2.24, 2.45) is 0 Å². The molecule has 1 aliphatic rings. The molecule has 0 aliphatic carbocycles. The highest BCUT2D eigenvalue weighted by Crippen LogP contribution is 2.17. The third-order valence-corrected chi connectivity index (χ3v) is 4.66. The maximum absolute atomic E-state index is 12.2. The second-order valence-corrected chi connectivity index (χ2v) is 6.23. The Kier molecular flexibility index (Phi) is 4.98. The molecule has 2 aromatic rings. The first-order valence-electron chi connectivity index (χ1n) is 6.81. The van der Waals surface area contributed by atoms with E-state index in [1.807, 2.05) is 5.38 Å². The SMILES string of the molecule is Nc1nscc1C(=O)N[C@@H]1COCC[C@@H]1OCc1cscn1. The zero-order chi connectivity index (χ0) is 15.4. The molecule has 7 nitrogen and oxygen atoms in total. The predicted octanol–water partition coefficient (Wildman–Crippen LogP) is 1.29. The number of hydrogen-bond donors (Lipinski definition) is 2. The summed E-state index contributed by atoms with van der Waals surface area (Å²) < 4.78 is 15.2. The van der Waals surface area contributed by atoms with Crippen molar-refractivity contribution in [3.63, 3.8) is 0 Å². The molecule has 118 valence electrons. The van der Waals surface area contributed by atoms with Crippen LogP contribution in [0.2, 0.25) is 0 Å². The summed E-state index contributed by atoms with van der Waals surface area (Å²) in [6, 6.07) is -0.209. The molecule has 3 rings (SSSR count). The van der Waals surface area contributed by atoms with Crippen molar-refractivity contribution in [2.45, 2.75) is 25.2 Å². The van der Waals surface area contributed by atoms with Gasteiger partial charge in [-0.15, -0.1) is 11.3 Å². The highest BCUT2D eigenvalue weighted by Gasteiger charge is 2.29. The van der Waals surface area contributed by atoms with Gasteiger partial charge in [0.2, 0.25) is 0 Å². The molecule has 1 aliphatic heterocycles. The lowest BCUT2D eigenvalue weighted by Gasteiger charge is -2.31. The maximum Gasteiger partial charge on any atom is 0.256 e. The van der Waals surface area contributed by atoms with Gasteiger partial charge < -0.3 is 20.5 Å². The van der Waals surface area contributed by atoms with Crippen LogP contribution in [0.5, 0.6) is 0 Å². The average Bonchev–Trinajstić information content (AvgIpc) is 3.17. The highest BCUT2D eigenvalue weighted by molar-refractivity contribution is 7.07. The van der Waals surface area contributed by atoms with Crippen LogP contribution in [0.15, 0.2) is 16.3 Å². The van der Waals surface area contributed by atoms with Crippen LogP contribution in [0.3, 0.4) is 0 Å². The van der Waals surface area contributed by atoms with Gasteiger partial charge in [-0.3, -0.25) is 4.79 Å². The Morgan fingerprint density at radius 2 is 2.45 bits per heavy atom. The lowest BCUT2D eigenvalue weighted by Crippen LogP contribution is -2.50. The molecule has 0 radical (unpaired) electrons. The van der Waals surface area contributed by atoms with E-state index in [-0.39, 0.29) is 23.9 Å². The van der Waals surface area contributed by atoms with Crippen molar-refractivity contribution < 1.29 is 14.3 Å². The monoisotopic (exact) mass is 340 g/mol. The summed E-state index contributed by atoms with van der Waals surface area (Å²) >= 11 is 2.69. The number of nitrogens with two attached hydrogens (primary N) is 1. The Labute approximate surface area is 135 Å². The molecule has 0 bridgehead atoms. The largest absolute Gasteiger partial charge is 0.382 e. The molecule has 1 saturated heterocycles. The van der Waals surface area contributed by atoms with Gasteiger partial charge in [0, 0.05) is 17.4 Å². The molecule has 1 amide bonds. The van der Waals surface area contributed by atoms with Crippen molar-refractivity contribution in [1.29, 1.82) is 0 Å². The van der Waals surface area contributed by atoms with E-state index in [1.165, 1.54) is 11.3 Å². The lowest BCUT2D eigenvalue weighted by molar-refractivity contribution is -0.0611. The molecular formula is C13H16N4O3S2. The summed E-state index contributed by atoms with van der Waals surface area (Å²) in [7, 11) is 0. The van der Waals surface area contributed by atoms with Crippen LogP contribution in [0.1, 0.15) is 22.5 Å². The number of nitrogens with zero attached hydrogens (tertiary/aromatic N) is 2. The molecule has 9 heteroatoms. The maximum atomic E-state index is 12.2. The number of amides is 1. The molecular weight excluding hydrogens is 324 g/mol. The van der Waals surface area contributed by atoms with Crippen LogP contribution in [0.25, 0.3) is 0 Å². The molecule has 0 spiro atoms. The zero-order valence-electron chi connectivity index (χ0n) is 11.7. The van der Waals surface area contributed by atoms with E-state index < -0.39 is 0 Å². The summed E-state index contributed by atoms with van der Waals surface area (Å²) in [6.45, 7) is 1.48. The molecule has 3 N–H and O–H groups in total. The number of thiazole rings is 1. The van der Waals surface area contributed by atoms with Gasteiger partial charge in [0.25, 0.3) is 5.91 Å². The number of nitrogen functional groups attached to an aromatic ring is 1. The third-order valence-electron chi connectivity index (χ3n) is 3.38. The van der Waals surface area contributed by atoms with Crippen LogP contribution in [0.4, 0.5) is 5.82 Å². The van der Waals surface area contributed by atoms with E-state index in [1.54, 1.807) is 10.9 Å². The van der Waals surface area contributed by atoms with Crippen molar-refractivity contribution >= 4 is 34.6 Å². The Balaban J connectivity index is 1.60. The standard InChI is InChI=1S/C13H16N4O3S2/c14-12-9(6-22-17-12)13(18)16-10-4-19-2-1-11(10)20-3-8-5-21-7-15-8/h5-7,10-11H,1-4H2,(H2,14,17)(H,16,18)/t10-,11+/m1/s1. The van der Waals surface area contributed by atoms with E-state index in [9.17, 15) is 4.79 Å². The fourth-order valence-corrected chi connectivity index (χ4v) is 3.36.